The number of urea groups is 1. The quantitative estimate of drug-likeness (QED) is 0.610. The largest absolute Gasteiger partial charge is 0.493 e. The molecule has 0 aromatic heterocycles. The monoisotopic (exact) mass is 386 g/mol. The molecule has 0 bridgehead atoms. The van der Waals surface area contributed by atoms with E-state index >= 15 is 0 Å². The summed E-state index contributed by atoms with van der Waals surface area (Å²) in [4.78, 5) is 11.9. The maximum absolute atomic E-state index is 11.9. The van der Waals surface area contributed by atoms with Crippen LogP contribution in [0.5, 0.6) is 17.2 Å². The second-order valence-corrected chi connectivity index (χ2v) is 6.70. The number of carbonyl (C=O) groups excluding carboxylic acids is 1. The highest BCUT2D eigenvalue weighted by molar-refractivity contribution is 5.73. The van der Waals surface area contributed by atoms with Gasteiger partial charge in [0.2, 0.25) is 0 Å². The summed E-state index contributed by atoms with van der Waals surface area (Å²) in [7, 11) is 3.21. The van der Waals surface area contributed by atoms with E-state index in [1.54, 1.807) is 14.2 Å². The van der Waals surface area contributed by atoms with E-state index < -0.39 is 0 Å². The van der Waals surface area contributed by atoms with Crippen LogP contribution in [-0.2, 0) is 6.42 Å². The zero-order chi connectivity index (χ0) is 20.4. The van der Waals surface area contributed by atoms with E-state index in [0.29, 0.717) is 43.5 Å². The lowest BCUT2D eigenvalue weighted by Gasteiger charge is -2.12. The fourth-order valence-electron chi connectivity index (χ4n) is 2.72. The molecule has 2 aromatic carbocycles. The van der Waals surface area contributed by atoms with Crippen LogP contribution in [0.3, 0.4) is 0 Å². The molecule has 0 aliphatic rings. The maximum Gasteiger partial charge on any atom is 0.314 e. The van der Waals surface area contributed by atoms with Gasteiger partial charge >= 0.3 is 6.03 Å². The lowest BCUT2D eigenvalue weighted by molar-refractivity contribution is 0.236. The minimum absolute atomic E-state index is 0.208. The first kappa shape index (κ1) is 21.4. The number of amides is 2. The lowest BCUT2D eigenvalue weighted by atomic mass is 10.0. The van der Waals surface area contributed by atoms with Crippen molar-refractivity contribution >= 4 is 6.03 Å². The van der Waals surface area contributed by atoms with Gasteiger partial charge in [0.25, 0.3) is 0 Å². The lowest BCUT2D eigenvalue weighted by Crippen LogP contribution is -2.38. The van der Waals surface area contributed by atoms with Crippen molar-refractivity contribution in [2.75, 3.05) is 33.9 Å². The maximum atomic E-state index is 11.9. The van der Waals surface area contributed by atoms with Crippen LogP contribution in [0.2, 0.25) is 0 Å². The molecule has 0 aliphatic carbocycles. The van der Waals surface area contributed by atoms with Crippen molar-refractivity contribution in [2.45, 2.75) is 26.2 Å². The first-order chi connectivity index (χ1) is 13.5. The Hall–Kier alpha value is -2.89. The first-order valence-electron chi connectivity index (χ1n) is 9.49. The summed E-state index contributed by atoms with van der Waals surface area (Å²) in [6, 6.07) is 13.6. The summed E-state index contributed by atoms with van der Waals surface area (Å²) in [5, 5.41) is 5.64. The van der Waals surface area contributed by atoms with E-state index in [-0.39, 0.29) is 6.03 Å². The fourth-order valence-corrected chi connectivity index (χ4v) is 2.72. The van der Waals surface area contributed by atoms with Crippen LogP contribution in [0.4, 0.5) is 4.79 Å². The predicted molar refractivity (Wildman–Crippen MR) is 111 cm³/mol. The van der Waals surface area contributed by atoms with Crippen molar-refractivity contribution in [3.8, 4) is 17.2 Å². The third kappa shape index (κ3) is 6.68. The van der Waals surface area contributed by atoms with Crippen LogP contribution in [0.25, 0.3) is 0 Å². The Balaban J connectivity index is 1.66. The van der Waals surface area contributed by atoms with Crippen LogP contribution < -0.4 is 24.8 Å². The second-order valence-electron chi connectivity index (χ2n) is 6.70. The Morgan fingerprint density at radius 3 is 2.43 bits per heavy atom. The summed E-state index contributed by atoms with van der Waals surface area (Å²) >= 11 is 0. The standard InChI is InChI=1S/C22H30N2O4/c1-16(2)18-6-5-7-19(15-18)28-13-12-24-22(25)23-11-10-17-8-9-20(26-3)21(14-17)27-4/h5-9,14-16H,10-13H2,1-4H3,(H2,23,24,25). The molecule has 0 heterocycles. The normalized spacial score (nSPS) is 10.5. The van der Waals surface area contributed by atoms with Crippen LogP contribution in [0, 0.1) is 0 Å². The summed E-state index contributed by atoms with van der Waals surface area (Å²) in [5.41, 5.74) is 2.30. The molecule has 2 rings (SSSR count). The minimum Gasteiger partial charge on any atom is -0.493 e. The summed E-state index contributed by atoms with van der Waals surface area (Å²) in [6.45, 7) is 5.68. The summed E-state index contributed by atoms with van der Waals surface area (Å²) in [6.07, 6.45) is 0.701. The average molecular weight is 386 g/mol. The number of hydrogen-bond donors (Lipinski definition) is 2. The van der Waals surface area contributed by atoms with Gasteiger partial charge < -0.3 is 24.8 Å². The molecule has 0 aliphatic heterocycles. The third-order valence-corrected chi connectivity index (χ3v) is 4.33. The number of rotatable bonds is 10. The van der Waals surface area contributed by atoms with Gasteiger partial charge in [-0.25, -0.2) is 4.79 Å². The molecule has 2 amide bonds. The molecule has 2 aromatic rings. The van der Waals surface area contributed by atoms with E-state index in [9.17, 15) is 4.79 Å². The molecule has 0 fully saturated rings. The van der Waals surface area contributed by atoms with Crippen molar-refractivity contribution in [1.29, 1.82) is 0 Å². The Morgan fingerprint density at radius 2 is 1.71 bits per heavy atom. The first-order valence-corrected chi connectivity index (χ1v) is 9.49. The van der Waals surface area contributed by atoms with Crippen LogP contribution in [-0.4, -0.2) is 39.9 Å². The van der Waals surface area contributed by atoms with Gasteiger partial charge in [-0.1, -0.05) is 32.0 Å². The molecule has 152 valence electrons. The topological polar surface area (TPSA) is 68.8 Å². The van der Waals surface area contributed by atoms with Crippen molar-refractivity contribution in [3.63, 3.8) is 0 Å². The number of carbonyl (C=O) groups is 1. The Kier molecular flexibility index (Phi) is 8.46. The highest BCUT2D eigenvalue weighted by Crippen LogP contribution is 2.27. The van der Waals surface area contributed by atoms with Gasteiger partial charge in [0, 0.05) is 6.54 Å². The molecule has 0 saturated heterocycles. The van der Waals surface area contributed by atoms with Gasteiger partial charge in [0.15, 0.2) is 11.5 Å². The van der Waals surface area contributed by atoms with Crippen molar-refractivity contribution in [2.24, 2.45) is 0 Å². The summed E-state index contributed by atoms with van der Waals surface area (Å²) in [5.74, 6) is 2.65. The number of hydrogen-bond acceptors (Lipinski definition) is 4. The second kappa shape index (κ2) is 11.1. The highest BCUT2D eigenvalue weighted by Gasteiger charge is 2.06. The molecule has 0 saturated carbocycles. The van der Waals surface area contributed by atoms with E-state index in [0.717, 1.165) is 11.3 Å². The molecule has 6 nitrogen and oxygen atoms in total. The van der Waals surface area contributed by atoms with Crippen molar-refractivity contribution in [1.82, 2.24) is 10.6 Å². The Labute approximate surface area is 167 Å². The summed E-state index contributed by atoms with van der Waals surface area (Å²) < 4.78 is 16.2. The zero-order valence-corrected chi connectivity index (χ0v) is 17.1. The van der Waals surface area contributed by atoms with Gasteiger partial charge in [-0.3, -0.25) is 0 Å². The number of ether oxygens (including phenoxy) is 3. The van der Waals surface area contributed by atoms with E-state index in [2.05, 4.69) is 30.5 Å². The fraction of sp³-hybridized carbons (Fsp3) is 0.409. The molecule has 0 spiro atoms. The molecular formula is C22H30N2O4. The van der Waals surface area contributed by atoms with E-state index in [4.69, 9.17) is 14.2 Å². The van der Waals surface area contributed by atoms with Gasteiger partial charge in [0.1, 0.15) is 12.4 Å². The predicted octanol–water partition coefficient (Wildman–Crippen LogP) is 3.75. The molecule has 0 radical (unpaired) electrons. The number of benzene rings is 2. The Bertz CT molecular complexity index is 762. The average Bonchev–Trinajstić information content (AvgIpc) is 2.71. The van der Waals surface area contributed by atoms with E-state index in [1.807, 2.05) is 36.4 Å². The Morgan fingerprint density at radius 1 is 0.964 bits per heavy atom. The molecule has 2 N–H and O–H groups in total. The zero-order valence-electron chi connectivity index (χ0n) is 17.1. The minimum atomic E-state index is -0.208. The number of nitrogens with one attached hydrogen (secondary N) is 2. The smallest absolute Gasteiger partial charge is 0.314 e. The van der Waals surface area contributed by atoms with Gasteiger partial charge in [0.05, 0.1) is 20.8 Å². The molecule has 0 unspecified atom stereocenters. The van der Waals surface area contributed by atoms with Crippen LogP contribution in [0.1, 0.15) is 30.9 Å². The SMILES string of the molecule is COc1ccc(CCNC(=O)NCCOc2cccc(C(C)C)c2)cc1OC. The van der Waals surface area contributed by atoms with Crippen molar-refractivity contribution in [3.05, 3.63) is 53.6 Å². The molecule has 0 atom stereocenters. The molecule has 28 heavy (non-hydrogen) atoms. The van der Waals surface area contributed by atoms with Crippen LogP contribution in [0.15, 0.2) is 42.5 Å². The van der Waals surface area contributed by atoms with Gasteiger partial charge in [-0.05, 0) is 47.7 Å². The highest BCUT2D eigenvalue weighted by atomic mass is 16.5. The molecule has 6 heteroatoms. The molecular weight excluding hydrogens is 356 g/mol. The van der Waals surface area contributed by atoms with Crippen molar-refractivity contribution < 1.29 is 19.0 Å². The van der Waals surface area contributed by atoms with Gasteiger partial charge in [-0.15, -0.1) is 0 Å². The van der Waals surface area contributed by atoms with E-state index in [1.165, 1.54) is 5.56 Å². The van der Waals surface area contributed by atoms with Crippen LogP contribution >= 0.6 is 0 Å². The third-order valence-electron chi connectivity index (χ3n) is 4.33. The number of methoxy groups -OCH3 is 2. The van der Waals surface area contributed by atoms with Gasteiger partial charge in [-0.2, -0.15) is 0 Å².